The van der Waals surface area contributed by atoms with E-state index in [1.54, 1.807) is 18.4 Å². The van der Waals surface area contributed by atoms with Crippen LogP contribution in [0.4, 0.5) is 0 Å². The third-order valence-electron chi connectivity index (χ3n) is 4.86. The summed E-state index contributed by atoms with van der Waals surface area (Å²) in [6.07, 6.45) is 0.824. The monoisotopic (exact) mass is 385 g/mol. The van der Waals surface area contributed by atoms with E-state index in [0.717, 1.165) is 39.0 Å². The third kappa shape index (κ3) is 3.64. The van der Waals surface area contributed by atoms with Crippen LogP contribution in [-0.4, -0.2) is 29.6 Å². The molecule has 7 heteroatoms. The number of thiophene rings is 1. The number of H-pyrrole nitrogens is 1. The number of hydrogen-bond acceptors (Lipinski definition) is 5. The van der Waals surface area contributed by atoms with E-state index in [1.165, 1.54) is 0 Å². The molecule has 2 N–H and O–H groups in total. The zero-order valence-electron chi connectivity index (χ0n) is 15.6. The summed E-state index contributed by atoms with van der Waals surface area (Å²) in [6.45, 7) is 4.62. The minimum Gasteiger partial charge on any atom is -0.497 e. The molecule has 0 saturated heterocycles. The van der Waals surface area contributed by atoms with Crippen LogP contribution in [0.5, 0.6) is 10.8 Å². The maximum atomic E-state index is 12.6. The summed E-state index contributed by atoms with van der Waals surface area (Å²) < 4.78 is 10.8. The van der Waals surface area contributed by atoms with Crippen molar-refractivity contribution in [3.05, 3.63) is 41.0 Å². The number of ether oxygens (including phenoxy) is 2. The van der Waals surface area contributed by atoms with Crippen LogP contribution in [0.2, 0.25) is 0 Å². The van der Waals surface area contributed by atoms with Crippen LogP contribution in [0.15, 0.2) is 30.3 Å². The van der Waals surface area contributed by atoms with Gasteiger partial charge in [0, 0.05) is 22.8 Å². The van der Waals surface area contributed by atoms with Gasteiger partial charge >= 0.3 is 0 Å². The second-order valence-electron chi connectivity index (χ2n) is 6.77. The highest BCUT2D eigenvalue weighted by Crippen LogP contribution is 2.47. The van der Waals surface area contributed by atoms with Gasteiger partial charge in [-0.15, -0.1) is 11.3 Å². The normalized spacial score (nSPS) is 19.7. The van der Waals surface area contributed by atoms with Crippen LogP contribution in [0.25, 0.3) is 11.0 Å². The van der Waals surface area contributed by atoms with E-state index < -0.39 is 0 Å². The molecular formula is C20H23N3O3S. The number of benzene rings is 1. The zero-order chi connectivity index (χ0) is 19.0. The number of fused-ring (bicyclic) bond motifs is 1. The second-order valence-corrected chi connectivity index (χ2v) is 7.85. The molecule has 3 atom stereocenters. The van der Waals surface area contributed by atoms with Crippen molar-refractivity contribution < 1.29 is 14.3 Å². The molecule has 27 heavy (non-hydrogen) atoms. The minimum absolute atomic E-state index is 0.0266. The summed E-state index contributed by atoms with van der Waals surface area (Å²) in [4.78, 5) is 21.7. The fourth-order valence-electron chi connectivity index (χ4n) is 3.28. The molecule has 1 aliphatic rings. The molecule has 0 aliphatic heterocycles. The lowest BCUT2D eigenvalue weighted by Gasteiger charge is -2.12. The first-order valence-corrected chi connectivity index (χ1v) is 9.97. The van der Waals surface area contributed by atoms with Crippen molar-refractivity contribution >= 4 is 28.3 Å². The molecule has 0 spiro atoms. The van der Waals surface area contributed by atoms with Crippen molar-refractivity contribution in [2.75, 3.05) is 13.7 Å². The quantitative estimate of drug-likeness (QED) is 0.644. The Hall–Kier alpha value is -2.54. The van der Waals surface area contributed by atoms with Gasteiger partial charge in [-0.25, -0.2) is 4.98 Å². The molecule has 1 saturated carbocycles. The Balaban J connectivity index is 1.39. The number of carbonyl (C=O) groups is 1. The van der Waals surface area contributed by atoms with Gasteiger partial charge in [-0.2, -0.15) is 0 Å². The Morgan fingerprint density at radius 2 is 2.26 bits per heavy atom. The Bertz CT molecular complexity index is 964. The van der Waals surface area contributed by atoms with Gasteiger partial charge in [-0.3, -0.25) is 4.79 Å². The number of methoxy groups -OCH3 is 1. The lowest BCUT2D eigenvalue weighted by Crippen LogP contribution is -2.28. The van der Waals surface area contributed by atoms with Crippen molar-refractivity contribution in [1.29, 1.82) is 0 Å². The molecule has 1 fully saturated rings. The van der Waals surface area contributed by atoms with Gasteiger partial charge in [0.15, 0.2) is 5.06 Å². The maximum absolute atomic E-state index is 12.6. The van der Waals surface area contributed by atoms with Gasteiger partial charge in [0.2, 0.25) is 5.91 Å². The smallest absolute Gasteiger partial charge is 0.224 e. The van der Waals surface area contributed by atoms with E-state index in [1.807, 2.05) is 44.2 Å². The Labute approximate surface area is 161 Å². The van der Waals surface area contributed by atoms with E-state index in [-0.39, 0.29) is 23.8 Å². The molecule has 1 amide bonds. The van der Waals surface area contributed by atoms with Crippen LogP contribution < -0.4 is 14.8 Å². The lowest BCUT2D eigenvalue weighted by atomic mass is 10.2. The van der Waals surface area contributed by atoms with Gasteiger partial charge < -0.3 is 19.8 Å². The molecule has 142 valence electrons. The second kappa shape index (κ2) is 7.23. The number of hydrogen-bond donors (Lipinski definition) is 2. The van der Waals surface area contributed by atoms with Crippen molar-refractivity contribution in [1.82, 2.24) is 15.3 Å². The van der Waals surface area contributed by atoms with Crippen molar-refractivity contribution in [3.63, 3.8) is 0 Å². The van der Waals surface area contributed by atoms with Gasteiger partial charge in [-0.05, 0) is 44.5 Å². The number of nitrogens with one attached hydrogen (secondary N) is 2. The average Bonchev–Trinajstić information content (AvgIpc) is 3.13. The molecule has 4 rings (SSSR count). The Morgan fingerprint density at radius 3 is 3.04 bits per heavy atom. The molecule has 1 aliphatic carbocycles. The van der Waals surface area contributed by atoms with E-state index in [2.05, 4.69) is 15.3 Å². The highest BCUT2D eigenvalue weighted by atomic mass is 32.1. The fraction of sp³-hybridized carbons (Fsp3) is 0.400. The standard InChI is InChI=1S/C20H23N3O3S/c1-4-26-18-8-7-17(27-18)11(2)21-20(24)14-10-13(14)19-22-15-6-5-12(25-3)9-16(15)23-19/h5-9,11,13-14H,4,10H2,1-3H3,(H,21,24)(H,22,23)/t11-,13?,14?/m1/s1. The first-order chi connectivity index (χ1) is 13.1. The summed E-state index contributed by atoms with van der Waals surface area (Å²) in [7, 11) is 1.64. The molecule has 2 heterocycles. The topological polar surface area (TPSA) is 76.2 Å². The molecule has 6 nitrogen and oxygen atoms in total. The number of nitrogens with zero attached hydrogens (tertiary/aromatic N) is 1. The van der Waals surface area contributed by atoms with E-state index in [9.17, 15) is 4.79 Å². The predicted octanol–water partition coefficient (Wildman–Crippen LogP) is 4.01. The number of aromatic amines is 1. The molecule has 2 aromatic heterocycles. The highest BCUT2D eigenvalue weighted by molar-refractivity contribution is 7.13. The molecule has 0 bridgehead atoms. The molecule has 1 aromatic carbocycles. The summed E-state index contributed by atoms with van der Waals surface area (Å²) in [5.41, 5.74) is 1.83. The van der Waals surface area contributed by atoms with E-state index in [4.69, 9.17) is 9.47 Å². The number of carbonyl (C=O) groups excluding carboxylic acids is 1. The Morgan fingerprint density at radius 1 is 1.41 bits per heavy atom. The summed E-state index contributed by atoms with van der Waals surface area (Å²) in [5, 5.41) is 4.00. The molecule has 2 unspecified atom stereocenters. The number of amides is 1. The summed E-state index contributed by atoms with van der Waals surface area (Å²) in [6, 6.07) is 9.69. The van der Waals surface area contributed by atoms with Crippen LogP contribution in [0, 0.1) is 5.92 Å². The largest absolute Gasteiger partial charge is 0.497 e. The van der Waals surface area contributed by atoms with Crippen molar-refractivity contribution in [3.8, 4) is 10.8 Å². The number of aromatic nitrogens is 2. The first-order valence-electron chi connectivity index (χ1n) is 9.15. The molecule has 0 radical (unpaired) electrons. The molecule has 3 aromatic rings. The summed E-state index contributed by atoms with van der Waals surface area (Å²) in [5.74, 6) is 1.87. The summed E-state index contributed by atoms with van der Waals surface area (Å²) >= 11 is 1.58. The fourth-order valence-corrected chi connectivity index (χ4v) is 4.19. The van der Waals surface area contributed by atoms with Crippen molar-refractivity contribution in [2.45, 2.75) is 32.2 Å². The van der Waals surface area contributed by atoms with E-state index >= 15 is 0 Å². The van der Waals surface area contributed by atoms with Gasteiger partial charge in [0.05, 0.1) is 30.8 Å². The van der Waals surface area contributed by atoms with Crippen LogP contribution >= 0.6 is 11.3 Å². The lowest BCUT2D eigenvalue weighted by molar-refractivity contribution is -0.123. The third-order valence-corrected chi connectivity index (χ3v) is 6.04. The first kappa shape index (κ1) is 17.9. The van der Waals surface area contributed by atoms with Crippen LogP contribution in [0.3, 0.4) is 0 Å². The Kier molecular flexibility index (Phi) is 4.78. The van der Waals surface area contributed by atoms with Gasteiger partial charge in [0.1, 0.15) is 11.6 Å². The zero-order valence-corrected chi connectivity index (χ0v) is 16.4. The predicted molar refractivity (Wildman–Crippen MR) is 106 cm³/mol. The van der Waals surface area contributed by atoms with E-state index in [0.29, 0.717) is 6.61 Å². The SMILES string of the molecule is CCOc1ccc([C@@H](C)NC(=O)C2CC2c2nc3ccc(OC)cc3[nH]2)s1. The maximum Gasteiger partial charge on any atom is 0.224 e. The van der Waals surface area contributed by atoms with Crippen LogP contribution in [-0.2, 0) is 4.79 Å². The number of rotatable bonds is 7. The van der Waals surface area contributed by atoms with Crippen LogP contribution in [0.1, 0.15) is 42.9 Å². The highest BCUT2D eigenvalue weighted by Gasteiger charge is 2.46. The van der Waals surface area contributed by atoms with Crippen molar-refractivity contribution in [2.24, 2.45) is 5.92 Å². The van der Waals surface area contributed by atoms with Gasteiger partial charge in [0.25, 0.3) is 0 Å². The van der Waals surface area contributed by atoms with Gasteiger partial charge in [-0.1, -0.05) is 0 Å². The number of imidazole rings is 1. The molecular weight excluding hydrogens is 362 g/mol. The average molecular weight is 385 g/mol. The minimum atomic E-state index is -0.0297.